The highest BCUT2D eigenvalue weighted by atomic mass is 16.5. The van der Waals surface area contributed by atoms with Crippen LogP contribution in [0.15, 0.2) is 42.5 Å². The Morgan fingerprint density at radius 3 is 2.52 bits per heavy atom. The third-order valence-electron chi connectivity index (χ3n) is 4.74. The van der Waals surface area contributed by atoms with Crippen LogP contribution in [0.1, 0.15) is 55.0 Å². The number of benzene rings is 2. The summed E-state index contributed by atoms with van der Waals surface area (Å²) in [5.41, 5.74) is 2.33. The third-order valence-corrected chi connectivity index (χ3v) is 4.74. The van der Waals surface area contributed by atoms with Crippen molar-refractivity contribution in [2.24, 2.45) is 0 Å². The Bertz CT molecular complexity index is 919. The number of nitrogens with one attached hydrogen (secondary N) is 2. The molecule has 7 heteroatoms. The number of amides is 2. The summed E-state index contributed by atoms with van der Waals surface area (Å²) < 4.78 is 5.50. The molecule has 1 unspecified atom stereocenters. The van der Waals surface area contributed by atoms with E-state index in [0.717, 1.165) is 25.0 Å². The Hall–Kier alpha value is -3.19. The van der Waals surface area contributed by atoms with Crippen LogP contribution < -0.4 is 10.6 Å². The molecule has 0 spiro atoms. The van der Waals surface area contributed by atoms with Gasteiger partial charge >= 0.3 is 5.97 Å². The van der Waals surface area contributed by atoms with Crippen LogP contribution in [0.4, 0.5) is 0 Å². The largest absolute Gasteiger partial charge is 0.478 e. The molecule has 0 aliphatic carbocycles. The van der Waals surface area contributed by atoms with Crippen LogP contribution >= 0.6 is 0 Å². The van der Waals surface area contributed by atoms with Crippen LogP contribution in [0.5, 0.6) is 0 Å². The molecular formula is C22H24N2O5. The number of aryl methyl sites for hydroxylation is 1. The predicted molar refractivity (Wildman–Crippen MR) is 107 cm³/mol. The first kappa shape index (κ1) is 20.5. The van der Waals surface area contributed by atoms with Gasteiger partial charge in [0.2, 0.25) is 0 Å². The van der Waals surface area contributed by atoms with Gasteiger partial charge < -0.3 is 20.5 Å². The summed E-state index contributed by atoms with van der Waals surface area (Å²) in [5.74, 6) is -1.63. The third kappa shape index (κ3) is 5.65. The van der Waals surface area contributed by atoms with E-state index in [9.17, 15) is 14.4 Å². The average molecular weight is 396 g/mol. The van der Waals surface area contributed by atoms with Gasteiger partial charge in [-0.05, 0) is 61.2 Å². The first-order valence-electron chi connectivity index (χ1n) is 9.54. The van der Waals surface area contributed by atoms with Gasteiger partial charge in [-0.3, -0.25) is 9.59 Å². The average Bonchev–Trinajstić information content (AvgIpc) is 3.23. The minimum absolute atomic E-state index is 0.0695. The second-order valence-electron chi connectivity index (χ2n) is 7.12. The molecule has 2 amide bonds. The molecular weight excluding hydrogens is 372 g/mol. The number of aromatic carboxylic acids is 1. The molecule has 152 valence electrons. The molecule has 1 aliphatic rings. The molecule has 1 aliphatic heterocycles. The van der Waals surface area contributed by atoms with Gasteiger partial charge in [-0.25, -0.2) is 4.79 Å². The lowest BCUT2D eigenvalue weighted by molar-refractivity contribution is 0.0696. The SMILES string of the molecule is Cc1cc(C(=O)O)cc(C(=O)NCc2cccc(C(=O)NCC3CCCO3)c2)c1. The van der Waals surface area contributed by atoms with Gasteiger partial charge in [-0.15, -0.1) is 0 Å². The van der Waals surface area contributed by atoms with E-state index in [2.05, 4.69) is 10.6 Å². The van der Waals surface area contributed by atoms with Crippen molar-refractivity contribution in [3.8, 4) is 0 Å². The van der Waals surface area contributed by atoms with Crippen LogP contribution in [-0.4, -0.2) is 42.1 Å². The van der Waals surface area contributed by atoms with Crippen molar-refractivity contribution in [1.29, 1.82) is 0 Å². The summed E-state index contributed by atoms with van der Waals surface area (Å²) in [5, 5.41) is 14.8. The lowest BCUT2D eigenvalue weighted by Crippen LogP contribution is -2.31. The Balaban J connectivity index is 1.59. The van der Waals surface area contributed by atoms with Crippen molar-refractivity contribution in [2.45, 2.75) is 32.4 Å². The van der Waals surface area contributed by atoms with E-state index < -0.39 is 5.97 Å². The van der Waals surface area contributed by atoms with Gasteiger partial charge in [-0.1, -0.05) is 12.1 Å². The molecule has 0 radical (unpaired) electrons. The monoisotopic (exact) mass is 396 g/mol. The fraction of sp³-hybridized carbons (Fsp3) is 0.318. The molecule has 0 bridgehead atoms. The number of carboxylic acid groups (broad SMARTS) is 1. The van der Waals surface area contributed by atoms with E-state index >= 15 is 0 Å². The van der Waals surface area contributed by atoms with Gasteiger partial charge in [-0.2, -0.15) is 0 Å². The highest BCUT2D eigenvalue weighted by Gasteiger charge is 2.17. The zero-order valence-corrected chi connectivity index (χ0v) is 16.2. The van der Waals surface area contributed by atoms with E-state index in [1.54, 1.807) is 31.2 Å². The quantitative estimate of drug-likeness (QED) is 0.667. The summed E-state index contributed by atoms with van der Waals surface area (Å²) in [6, 6.07) is 11.5. The predicted octanol–water partition coefficient (Wildman–Crippen LogP) is 2.53. The number of ether oxygens (including phenoxy) is 1. The number of carboxylic acids is 1. The molecule has 0 aromatic heterocycles. The van der Waals surface area contributed by atoms with E-state index in [1.807, 2.05) is 6.07 Å². The van der Waals surface area contributed by atoms with Gasteiger partial charge in [0, 0.05) is 30.8 Å². The molecule has 2 aromatic carbocycles. The number of carbonyl (C=O) groups is 3. The lowest BCUT2D eigenvalue weighted by Gasteiger charge is -2.12. The number of carbonyl (C=O) groups excluding carboxylic acids is 2. The molecule has 29 heavy (non-hydrogen) atoms. The van der Waals surface area contributed by atoms with Gasteiger partial charge in [0.15, 0.2) is 0 Å². The Morgan fingerprint density at radius 2 is 1.79 bits per heavy atom. The van der Waals surface area contributed by atoms with E-state index in [-0.39, 0.29) is 35.6 Å². The Labute approximate surface area is 169 Å². The molecule has 1 heterocycles. The van der Waals surface area contributed by atoms with Crippen molar-refractivity contribution in [3.63, 3.8) is 0 Å². The molecule has 0 saturated carbocycles. The van der Waals surface area contributed by atoms with Gasteiger partial charge in [0.1, 0.15) is 0 Å². The van der Waals surface area contributed by atoms with E-state index in [1.165, 1.54) is 12.1 Å². The molecule has 1 saturated heterocycles. The summed E-state index contributed by atoms with van der Waals surface area (Å²) in [6.07, 6.45) is 2.05. The Morgan fingerprint density at radius 1 is 1.03 bits per heavy atom. The second kappa shape index (κ2) is 9.34. The van der Waals surface area contributed by atoms with Crippen LogP contribution in [0.3, 0.4) is 0 Å². The van der Waals surface area contributed by atoms with Crippen molar-refractivity contribution in [2.75, 3.05) is 13.2 Å². The van der Waals surface area contributed by atoms with Crippen molar-refractivity contribution >= 4 is 17.8 Å². The summed E-state index contributed by atoms with van der Waals surface area (Å²) in [6.45, 7) is 3.19. The smallest absolute Gasteiger partial charge is 0.335 e. The fourth-order valence-corrected chi connectivity index (χ4v) is 3.26. The maximum atomic E-state index is 12.4. The van der Waals surface area contributed by atoms with E-state index in [4.69, 9.17) is 9.84 Å². The second-order valence-corrected chi connectivity index (χ2v) is 7.12. The Kier molecular flexibility index (Phi) is 6.61. The first-order chi connectivity index (χ1) is 13.9. The van der Waals surface area contributed by atoms with Crippen LogP contribution in [0.2, 0.25) is 0 Å². The standard InChI is InChI=1S/C22H24N2O5/c1-14-8-17(11-18(9-14)22(27)28)21(26)23-12-15-4-2-5-16(10-15)20(25)24-13-19-6-3-7-29-19/h2,4-5,8-11,19H,3,6-7,12-13H2,1H3,(H,23,26)(H,24,25)(H,27,28). The van der Waals surface area contributed by atoms with Gasteiger partial charge in [0.05, 0.1) is 11.7 Å². The van der Waals surface area contributed by atoms with Crippen LogP contribution in [0, 0.1) is 6.92 Å². The highest BCUT2D eigenvalue weighted by molar-refractivity contribution is 5.98. The normalized spacial score (nSPS) is 15.7. The minimum Gasteiger partial charge on any atom is -0.478 e. The minimum atomic E-state index is -1.08. The zero-order valence-electron chi connectivity index (χ0n) is 16.2. The number of rotatable bonds is 7. The number of hydrogen-bond acceptors (Lipinski definition) is 4. The summed E-state index contributed by atoms with van der Waals surface area (Å²) >= 11 is 0. The van der Waals surface area contributed by atoms with Crippen molar-refractivity contribution in [3.05, 3.63) is 70.3 Å². The highest BCUT2D eigenvalue weighted by Crippen LogP contribution is 2.12. The van der Waals surface area contributed by atoms with E-state index in [0.29, 0.717) is 17.7 Å². The molecule has 3 N–H and O–H groups in total. The fourth-order valence-electron chi connectivity index (χ4n) is 3.26. The van der Waals surface area contributed by atoms with Crippen molar-refractivity contribution in [1.82, 2.24) is 10.6 Å². The lowest BCUT2D eigenvalue weighted by atomic mass is 10.1. The maximum Gasteiger partial charge on any atom is 0.335 e. The molecule has 3 rings (SSSR count). The van der Waals surface area contributed by atoms with Crippen LogP contribution in [0.25, 0.3) is 0 Å². The molecule has 1 fully saturated rings. The van der Waals surface area contributed by atoms with Crippen LogP contribution in [-0.2, 0) is 11.3 Å². The van der Waals surface area contributed by atoms with Gasteiger partial charge in [0.25, 0.3) is 11.8 Å². The molecule has 2 aromatic rings. The first-order valence-corrected chi connectivity index (χ1v) is 9.54. The summed E-state index contributed by atoms with van der Waals surface area (Å²) in [4.78, 5) is 35.9. The topological polar surface area (TPSA) is 105 Å². The number of hydrogen-bond donors (Lipinski definition) is 3. The van der Waals surface area contributed by atoms with Crippen molar-refractivity contribution < 1.29 is 24.2 Å². The summed E-state index contributed by atoms with van der Waals surface area (Å²) in [7, 11) is 0. The zero-order chi connectivity index (χ0) is 20.8. The maximum absolute atomic E-state index is 12.4. The molecule has 1 atom stereocenters. The molecule has 7 nitrogen and oxygen atoms in total.